The predicted octanol–water partition coefficient (Wildman–Crippen LogP) is 3.24. The number of nitrogens with one attached hydrogen (secondary N) is 1. The van der Waals surface area contributed by atoms with Crippen LogP contribution in [0.25, 0.3) is 0 Å². The summed E-state index contributed by atoms with van der Waals surface area (Å²) in [6, 6.07) is 14.7. The lowest BCUT2D eigenvalue weighted by Gasteiger charge is -2.16. The number of para-hydroxylation sites is 1. The molecular weight excluding hydrogens is 377 g/mol. The van der Waals surface area contributed by atoms with Crippen LogP contribution in [0.3, 0.4) is 0 Å². The van der Waals surface area contributed by atoms with Gasteiger partial charge in [0.2, 0.25) is 11.9 Å². The Hall–Kier alpha value is -3.75. The molecule has 2 aromatic carbocycles. The number of aromatic nitrogens is 3. The summed E-state index contributed by atoms with van der Waals surface area (Å²) in [5.41, 5.74) is 6.28. The van der Waals surface area contributed by atoms with Crippen molar-refractivity contribution in [2.45, 2.75) is 26.1 Å². The molecule has 0 aliphatic rings. The van der Waals surface area contributed by atoms with Crippen molar-refractivity contribution >= 4 is 23.6 Å². The first-order valence-corrected chi connectivity index (χ1v) is 8.95. The monoisotopic (exact) mass is 397 g/mol. The van der Waals surface area contributed by atoms with E-state index >= 15 is 0 Å². The van der Waals surface area contributed by atoms with Crippen LogP contribution >= 0.6 is 0 Å². The van der Waals surface area contributed by atoms with Gasteiger partial charge in [-0.25, -0.2) is 9.18 Å². The number of nitrogens with zero attached hydrogens (tertiary/aromatic N) is 3. The van der Waals surface area contributed by atoms with Gasteiger partial charge < -0.3 is 20.5 Å². The van der Waals surface area contributed by atoms with Crippen molar-refractivity contribution in [3.8, 4) is 5.75 Å². The number of benzene rings is 2. The molecule has 8 nitrogen and oxygen atoms in total. The quantitative estimate of drug-likeness (QED) is 0.557. The maximum atomic E-state index is 13.0. The summed E-state index contributed by atoms with van der Waals surface area (Å²) in [6.45, 7) is 1.62. The summed E-state index contributed by atoms with van der Waals surface area (Å²) in [7, 11) is 0. The minimum atomic E-state index is -0.756. The van der Waals surface area contributed by atoms with E-state index in [9.17, 15) is 9.18 Å². The summed E-state index contributed by atoms with van der Waals surface area (Å²) in [5, 5.41) is 2.89. The van der Waals surface area contributed by atoms with Crippen LogP contribution < -0.4 is 15.8 Å². The molecule has 3 aromatic rings. The molecule has 0 fully saturated rings. The second-order valence-corrected chi connectivity index (χ2v) is 6.00. The molecule has 0 saturated heterocycles. The number of carbonyl (C=O) groups excluding carboxylic acids is 1. The molecule has 150 valence electrons. The van der Waals surface area contributed by atoms with E-state index in [2.05, 4.69) is 20.3 Å². The topological polar surface area (TPSA) is 112 Å². The third-order valence-electron chi connectivity index (χ3n) is 3.80. The normalized spacial score (nSPS) is 11.5. The van der Waals surface area contributed by atoms with Gasteiger partial charge in [-0.1, -0.05) is 25.1 Å². The summed E-state index contributed by atoms with van der Waals surface area (Å²) < 4.78 is 23.9. The number of esters is 1. The zero-order chi connectivity index (χ0) is 20.6. The average Bonchev–Trinajstić information content (AvgIpc) is 2.72. The molecule has 0 spiro atoms. The lowest BCUT2D eigenvalue weighted by atomic mass is 10.2. The number of nitrogens with two attached hydrogens (primary N) is 1. The second kappa shape index (κ2) is 9.45. The summed E-state index contributed by atoms with van der Waals surface area (Å²) in [5.74, 6) is -0.0348. The SMILES string of the molecule is CC[C@@H](Oc1ccccc1)C(=O)OCc1nc(N)nc(Nc2ccc(F)cc2)n1. The van der Waals surface area contributed by atoms with E-state index < -0.39 is 12.1 Å². The van der Waals surface area contributed by atoms with Crippen LogP contribution in [0.1, 0.15) is 19.2 Å². The number of hydrogen-bond acceptors (Lipinski definition) is 8. The fraction of sp³-hybridized carbons (Fsp3) is 0.200. The Morgan fingerprint density at radius 2 is 1.83 bits per heavy atom. The van der Waals surface area contributed by atoms with Crippen molar-refractivity contribution in [3.05, 3.63) is 66.2 Å². The molecule has 0 amide bonds. The van der Waals surface area contributed by atoms with Crippen LogP contribution in [0.2, 0.25) is 0 Å². The number of anilines is 3. The maximum absolute atomic E-state index is 13.0. The third-order valence-corrected chi connectivity index (χ3v) is 3.80. The van der Waals surface area contributed by atoms with Gasteiger partial charge in [0.1, 0.15) is 11.6 Å². The highest BCUT2D eigenvalue weighted by atomic mass is 19.1. The van der Waals surface area contributed by atoms with E-state index in [0.717, 1.165) is 0 Å². The zero-order valence-electron chi connectivity index (χ0n) is 15.7. The average molecular weight is 397 g/mol. The van der Waals surface area contributed by atoms with Gasteiger partial charge in [0.15, 0.2) is 18.5 Å². The van der Waals surface area contributed by atoms with Crippen molar-refractivity contribution in [2.24, 2.45) is 0 Å². The largest absolute Gasteiger partial charge is 0.479 e. The molecule has 3 N–H and O–H groups in total. The number of carbonyl (C=O) groups is 1. The molecule has 9 heteroatoms. The van der Waals surface area contributed by atoms with E-state index in [1.54, 1.807) is 12.1 Å². The molecule has 0 unspecified atom stereocenters. The molecule has 0 radical (unpaired) electrons. The highest BCUT2D eigenvalue weighted by Gasteiger charge is 2.21. The summed E-state index contributed by atoms with van der Waals surface area (Å²) >= 11 is 0. The standard InChI is InChI=1S/C20H20FN5O3/c1-2-16(29-15-6-4-3-5-7-15)18(27)28-12-17-24-19(22)26-20(25-17)23-14-10-8-13(21)9-11-14/h3-11,16H,2,12H2,1H3,(H3,22,23,24,25,26)/t16-/m1/s1. The number of ether oxygens (including phenoxy) is 2. The molecule has 0 aliphatic heterocycles. The lowest BCUT2D eigenvalue weighted by Crippen LogP contribution is -2.28. The van der Waals surface area contributed by atoms with Gasteiger partial charge in [0, 0.05) is 5.69 Å². The molecule has 1 heterocycles. The Bertz CT molecular complexity index is 954. The van der Waals surface area contributed by atoms with Gasteiger partial charge in [0.05, 0.1) is 0 Å². The van der Waals surface area contributed by atoms with Crippen molar-refractivity contribution in [3.63, 3.8) is 0 Å². The Kier molecular flexibility index (Phi) is 6.51. The van der Waals surface area contributed by atoms with Gasteiger partial charge >= 0.3 is 5.97 Å². The summed E-state index contributed by atoms with van der Waals surface area (Å²) in [6.07, 6.45) is -0.321. The van der Waals surface area contributed by atoms with Crippen LogP contribution in [-0.4, -0.2) is 27.0 Å². The first kappa shape index (κ1) is 20.0. The van der Waals surface area contributed by atoms with Gasteiger partial charge in [0.25, 0.3) is 0 Å². The maximum Gasteiger partial charge on any atom is 0.347 e. The fourth-order valence-corrected chi connectivity index (χ4v) is 2.41. The van der Waals surface area contributed by atoms with E-state index in [1.165, 1.54) is 24.3 Å². The lowest BCUT2D eigenvalue weighted by molar-refractivity contribution is -0.153. The van der Waals surface area contributed by atoms with Gasteiger partial charge in [-0.3, -0.25) is 0 Å². The highest BCUT2D eigenvalue weighted by Crippen LogP contribution is 2.16. The minimum Gasteiger partial charge on any atom is -0.479 e. The Balaban J connectivity index is 1.62. The van der Waals surface area contributed by atoms with Gasteiger partial charge in [-0.05, 0) is 42.8 Å². The van der Waals surface area contributed by atoms with E-state index in [4.69, 9.17) is 15.2 Å². The Morgan fingerprint density at radius 3 is 2.52 bits per heavy atom. The molecule has 1 atom stereocenters. The first-order valence-electron chi connectivity index (χ1n) is 8.95. The fourth-order valence-electron chi connectivity index (χ4n) is 2.41. The Morgan fingerprint density at radius 1 is 1.10 bits per heavy atom. The van der Waals surface area contributed by atoms with Crippen molar-refractivity contribution in [2.75, 3.05) is 11.1 Å². The second-order valence-electron chi connectivity index (χ2n) is 6.00. The van der Waals surface area contributed by atoms with Crippen LogP contribution in [-0.2, 0) is 16.1 Å². The van der Waals surface area contributed by atoms with Gasteiger partial charge in [-0.2, -0.15) is 15.0 Å². The minimum absolute atomic E-state index is 0.0387. The molecule has 0 aliphatic carbocycles. The van der Waals surface area contributed by atoms with E-state index in [0.29, 0.717) is 17.9 Å². The summed E-state index contributed by atoms with van der Waals surface area (Å²) in [4.78, 5) is 24.5. The first-order chi connectivity index (χ1) is 14.0. The number of nitrogen functional groups attached to an aromatic ring is 1. The zero-order valence-corrected chi connectivity index (χ0v) is 15.7. The van der Waals surface area contributed by atoms with Crippen LogP contribution in [0.4, 0.5) is 22.0 Å². The molecule has 3 rings (SSSR count). The number of hydrogen-bond donors (Lipinski definition) is 2. The van der Waals surface area contributed by atoms with Crippen LogP contribution in [0, 0.1) is 5.82 Å². The third kappa shape index (κ3) is 5.86. The van der Waals surface area contributed by atoms with E-state index in [-0.39, 0.29) is 30.1 Å². The van der Waals surface area contributed by atoms with Gasteiger partial charge in [-0.15, -0.1) is 0 Å². The number of rotatable bonds is 8. The van der Waals surface area contributed by atoms with Crippen molar-refractivity contribution < 1.29 is 18.7 Å². The van der Waals surface area contributed by atoms with Crippen molar-refractivity contribution in [1.29, 1.82) is 0 Å². The van der Waals surface area contributed by atoms with Crippen LogP contribution in [0.15, 0.2) is 54.6 Å². The predicted molar refractivity (Wildman–Crippen MR) is 105 cm³/mol. The molecular formula is C20H20FN5O3. The smallest absolute Gasteiger partial charge is 0.347 e. The highest BCUT2D eigenvalue weighted by molar-refractivity contribution is 5.75. The molecule has 0 saturated carbocycles. The molecule has 1 aromatic heterocycles. The van der Waals surface area contributed by atoms with Crippen LogP contribution in [0.5, 0.6) is 5.75 Å². The number of halogens is 1. The Labute approximate surface area is 166 Å². The van der Waals surface area contributed by atoms with E-state index in [1.807, 2.05) is 25.1 Å². The molecule has 0 bridgehead atoms. The van der Waals surface area contributed by atoms with Crippen molar-refractivity contribution in [1.82, 2.24) is 15.0 Å². The molecule has 29 heavy (non-hydrogen) atoms.